The fourth-order valence-electron chi connectivity index (χ4n) is 6.47. The monoisotopic (exact) mass is 741 g/mol. The van der Waals surface area contributed by atoms with Crippen molar-refractivity contribution in [1.29, 1.82) is 0 Å². The summed E-state index contributed by atoms with van der Waals surface area (Å²) in [7, 11) is 6.42. The molecule has 0 saturated carbocycles. The molecule has 3 aliphatic heterocycles. The Morgan fingerprint density at radius 1 is 1.02 bits per heavy atom. The van der Waals surface area contributed by atoms with Gasteiger partial charge in [0, 0.05) is 29.6 Å². The highest BCUT2D eigenvalue weighted by molar-refractivity contribution is 7.14. The predicted molar refractivity (Wildman–Crippen MR) is 190 cm³/mol. The van der Waals surface area contributed by atoms with Crippen LogP contribution >= 0.6 is 34.5 Å². The zero-order valence-electron chi connectivity index (χ0n) is 28.3. The average molecular weight is 743 g/mol. The number of carbonyl (C=O) groups excluding carboxylic acids is 2. The summed E-state index contributed by atoms with van der Waals surface area (Å²) in [4.78, 5) is 36.8. The lowest BCUT2D eigenvalue weighted by atomic mass is 9.86. The number of piperidine rings is 3. The maximum atomic E-state index is 13.8. The van der Waals surface area contributed by atoms with Crippen LogP contribution in [0, 0.1) is 5.92 Å². The number of ether oxygens (including phenoxy) is 5. The number of aryl methyl sites for hydroxylation is 1. The highest BCUT2D eigenvalue weighted by atomic mass is 35.5. The van der Waals surface area contributed by atoms with Crippen molar-refractivity contribution in [3.05, 3.63) is 92.0 Å². The molecule has 1 amide bonds. The topological polar surface area (TPSA) is 104 Å². The van der Waals surface area contributed by atoms with Crippen molar-refractivity contribution in [3.8, 4) is 17.4 Å². The maximum absolute atomic E-state index is 13.8. The number of nitrogens with zero attached hydrogens (tertiary/aromatic N) is 4. The Balaban J connectivity index is 1.25. The van der Waals surface area contributed by atoms with Crippen LogP contribution in [0.25, 0.3) is 0 Å². The van der Waals surface area contributed by atoms with E-state index in [-0.39, 0.29) is 19.1 Å². The van der Waals surface area contributed by atoms with Gasteiger partial charge in [0.1, 0.15) is 39.9 Å². The van der Waals surface area contributed by atoms with Crippen LogP contribution in [-0.2, 0) is 29.5 Å². The molecule has 7 rings (SSSR count). The van der Waals surface area contributed by atoms with Gasteiger partial charge in [-0.3, -0.25) is 9.80 Å². The van der Waals surface area contributed by atoms with Crippen molar-refractivity contribution >= 4 is 52.3 Å². The molecule has 264 valence electrons. The second-order valence-corrected chi connectivity index (χ2v) is 14.2. The number of esters is 1. The number of halogens is 2. The second-order valence-electron chi connectivity index (χ2n) is 12.3. The Kier molecular flexibility index (Phi) is 11.3. The van der Waals surface area contributed by atoms with Gasteiger partial charge in [-0.05, 0) is 73.8 Å². The zero-order valence-corrected chi connectivity index (χ0v) is 30.6. The first-order valence-electron chi connectivity index (χ1n) is 16.2. The number of benzene rings is 1. The van der Waals surface area contributed by atoms with Gasteiger partial charge in [-0.25, -0.2) is 19.1 Å². The van der Waals surface area contributed by atoms with Gasteiger partial charge in [0.05, 0.1) is 27.9 Å². The van der Waals surface area contributed by atoms with Crippen LogP contribution in [0.3, 0.4) is 0 Å². The SMILES string of the molecule is COc1ccc([C@H](Cc2c(Cl)c[n+](C)cc2Cl)OC(=O)c2ccc(CN(C(=O)O[C@H]3CN4CCC3CC4)c3cccnc3OC)s2)cc1OC. The smallest absolute Gasteiger partial charge is 0.415 e. The first-order valence-corrected chi connectivity index (χ1v) is 17.8. The van der Waals surface area contributed by atoms with Gasteiger partial charge in [0.25, 0.3) is 0 Å². The number of rotatable bonds is 12. The van der Waals surface area contributed by atoms with Gasteiger partial charge in [0.15, 0.2) is 23.9 Å². The van der Waals surface area contributed by atoms with E-state index >= 15 is 0 Å². The third-order valence-corrected chi connectivity index (χ3v) is 10.8. The zero-order chi connectivity index (χ0) is 35.4. The number of methoxy groups -OCH3 is 3. The molecule has 50 heavy (non-hydrogen) atoms. The Morgan fingerprint density at radius 3 is 2.42 bits per heavy atom. The van der Waals surface area contributed by atoms with Gasteiger partial charge in [-0.1, -0.05) is 29.3 Å². The van der Waals surface area contributed by atoms with E-state index in [0.29, 0.717) is 55.0 Å². The van der Waals surface area contributed by atoms with Crippen molar-refractivity contribution in [2.45, 2.75) is 38.0 Å². The normalized spacial score (nSPS) is 18.6. The molecule has 0 radical (unpaired) electrons. The predicted octanol–water partition coefficient (Wildman–Crippen LogP) is 6.68. The van der Waals surface area contributed by atoms with Crippen molar-refractivity contribution in [2.75, 3.05) is 45.9 Å². The number of thiophene rings is 1. The molecule has 11 nitrogen and oxygen atoms in total. The fraction of sp³-hybridized carbons (Fsp3) is 0.389. The Morgan fingerprint density at radius 2 is 1.76 bits per heavy atom. The number of hydrogen-bond donors (Lipinski definition) is 0. The molecular weight excluding hydrogens is 703 g/mol. The third-order valence-electron chi connectivity index (χ3n) is 9.11. The van der Waals surface area contributed by atoms with Gasteiger partial charge < -0.3 is 23.7 Å². The Labute approximate surface area is 305 Å². The molecule has 0 unspecified atom stereocenters. The number of pyridine rings is 2. The summed E-state index contributed by atoms with van der Waals surface area (Å²) in [6, 6.07) is 12.3. The van der Waals surface area contributed by atoms with E-state index < -0.39 is 18.2 Å². The summed E-state index contributed by atoms with van der Waals surface area (Å²) in [6.45, 7) is 2.92. The van der Waals surface area contributed by atoms with E-state index in [1.54, 1.807) is 66.7 Å². The van der Waals surface area contributed by atoms with Crippen molar-refractivity contribution in [3.63, 3.8) is 0 Å². The molecule has 2 bridgehead atoms. The van der Waals surface area contributed by atoms with Gasteiger partial charge in [-0.2, -0.15) is 0 Å². The molecule has 6 heterocycles. The molecule has 1 aromatic carbocycles. The highest BCUT2D eigenvalue weighted by Gasteiger charge is 2.38. The van der Waals surface area contributed by atoms with Gasteiger partial charge in [0.2, 0.25) is 5.88 Å². The quantitative estimate of drug-likeness (QED) is 0.116. The summed E-state index contributed by atoms with van der Waals surface area (Å²) in [5.41, 5.74) is 1.77. The van der Waals surface area contributed by atoms with Crippen LogP contribution in [0.1, 0.15) is 44.6 Å². The van der Waals surface area contributed by atoms with Crippen LogP contribution in [0.4, 0.5) is 10.5 Å². The van der Waals surface area contributed by atoms with Gasteiger partial charge >= 0.3 is 12.1 Å². The molecule has 3 fully saturated rings. The van der Waals surface area contributed by atoms with E-state index in [1.165, 1.54) is 30.5 Å². The number of fused-ring (bicyclic) bond motifs is 3. The number of anilines is 1. The molecule has 4 aromatic rings. The summed E-state index contributed by atoms with van der Waals surface area (Å²) in [6.07, 6.45) is 5.85. The molecule has 0 aliphatic carbocycles. The number of aromatic nitrogens is 2. The molecule has 0 N–H and O–H groups in total. The van der Waals surface area contributed by atoms with Gasteiger partial charge in [-0.15, -0.1) is 11.3 Å². The minimum atomic E-state index is -0.775. The molecule has 3 saturated heterocycles. The van der Waals surface area contributed by atoms with Crippen LogP contribution in [0.5, 0.6) is 17.4 Å². The molecule has 14 heteroatoms. The lowest BCUT2D eigenvalue weighted by Crippen LogP contribution is -2.53. The first-order chi connectivity index (χ1) is 24.2. The van der Waals surface area contributed by atoms with E-state index in [9.17, 15) is 9.59 Å². The minimum absolute atomic E-state index is 0.130. The summed E-state index contributed by atoms with van der Waals surface area (Å²) >= 11 is 14.4. The van der Waals surface area contributed by atoms with E-state index in [4.69, 9.17) is 46.9 Å². The number of amides is 1. The average Bonchev–Trinajstić information content (AvgIpc) is 3.60. The van der Waals surface area contributed by atoms with E-state index in [0.717, 1.165) is 37.4 Å². The van der Waals surface area contributed by atoms with Crippen molar-refractivity contribution < 1.29 is 37.8 Å². The van der Waals surface area contributed by atoms with Crippen LogP contribution in [0.15, 0.2) is 61.1 Å². The molecule has 2 atom stereocenters. The lowest BCUT2D eigenvalue weighted by Gasteiger charge is -2.44. The molecule has 3 aliphatic rings. The minimum Gasteiger partial charge on any atom is -0.493 e. The maximum Gasteiger partial charge on any atom is 0.415 e. The Bertz CT molecular complexity index is 1830. The molecular formula is C36H39Cl2N4O7S+. The molecule has 3 aromatic heterocycles. The van der Waals surface area contributed by atoms with E-state index in [2.05, 4.69) is 9.88 Å². The number of carbonyl (C=O) groups is 2. The summed E-state index contributed by atoms with van der Waals surface area (Å²) in [5.74, 6) is 1.10. The third kappa shape index (κ3) is 7.94. The lowest BCUT2D eigenvalue weighted by molar-refractivity contribution is -0.671. The highest BCUT2D eigenvalue weighted by Crippen LogP contribution is 2.37. The standard InChI is InChI=1S/C36H39Cl2N4O7S/c1-40-19-26(37)25(27(38)20-40)17-30(23-7-9-29(45-2)31(16-23)46-3)48-35(43)33-10-8-24(50-33)18-42(28-6-5-13-39-34(28)47-4)36(44)49-32-21-41-14-11-22(32)12-15-41/h5-10,13,16,19-20,22,30,32H,11-12,14-15,17-18,21H2,1-4H3/q+1/t30-,32-/m0/s1. The Hall–Kier alpha value is -4.10. The van der Waals surface area contributed by atoms with Crippen LogP contribution in [-0.4, -0.2) is 69.0 Å². The largest absolute Gasteiger partial charge is 0.493 e. The second kappa shape index (κ2) is 15.8. The molecule has 0 spiro atoms. The summed E-state index contributed by atoms with van der Waals surface area (Å²) < 4.78 is 30.5. The number of hydrogen-bond acceptors (Lipinski definition) is 10. The van der Waals surface area contributed by atoms with Crippen LogP contribution in [0.2, 0.25) is 10.0 Å². The first kappa shape index (κ1) is 35.7. The summed E-state index contributed by atoms with van der Waals surface area (Å²) in [5, 5.41) is 0.881. The fourth-order valence-corrected chi connectivity index (χ4v) is 8.07. The van der Waals surface area contributed by atoms with E-state index in [1.807, 2.05) is 13.1 Å². The van der Waals surface area contributed by atoms with Crippen LogP contribution < -0.4 is 23.7 Å². The van der Waals surface area contributed by atoms with Crippen molar-refractivity contribution in [1.82, 2.24) is 9.88 Å². The van der Waals surface area contributed by atoms with Crippen molar-refractivity contribution in [2.24, 2.45) is 13.0 Å².